The standard InChI is InChI=1S/C21H27N3O4/c1-5-12-7-6-8-13-17(12)22-20(27)21(13)15-14(16(23-21)11(2)3)18(25)24(19(15)26)9-10-28-4/h6-8,11,14-16,23H,5,9-10H2,1-4H3,(H,22,27). The largest absolute Gasteiger partial charge is 0.383 e. The summed E-state index contributed by atoms with van der Waals surface area (Å²) in [6.45, 7) is 6.56. The molecule has 150 valence electrons. The van der Waals surface area contributed by atoms with Crippen molar-refractivity contribution in [1.82, 2.24) is 10.2 Å². The number of ether oxygens (including phenoxy) is 1. The first-order valence-corrected chi connectivity index (χ1v) is 9.94. The molecule has 28 heavy (non-hydrogen) atoms. The van der Waals surface area contributed by atoms with Crippen molar-refractivity contribution < 1.29 is 19.1 Å². The molecule has 7 nitrogen and oxygen atoms in total. The number of anilines is 1. The van der Waals surface area contributed by atoms with E-state index in [0.717, 1.165) is 23.2 Å². The van der Waals surface area contributed by atoms with E-state index >= 15 is 0 Å². The van der Waals surface area contributed by atoms with Gasteiger partial charge in [-0.05, 0) is 17.9 Å². The van der Waals surface area contributed by atoms with E-state index in [0.29, 0.717) is 0 Å². The molecule has 0 aromatic heterocycles. The third-order valence-corrected chi connectivity index (χ3v) is 6.48. The molecule has 4 atom stereocenters. The Morgan fingerprint density at radius 1 is 1.21 bits per heavy atom. The maximum atomic E-state index is 13.4. The van der Waals surface area contributed by atoms with Crippen LogP contribution < -0.4 is 10.6 Å². The number of para-hydroxylation sites is 1. The van der Waals surface area contributed by atoms with Gasteiger partial charge in [0.05, 0.1) is 25.0 Å². The SMILES string of the molecule is CCc1cccc2c1NC(=O)C21NC(C(C)C)C2C(=O)N(CCOC)C(=O)C21. The molecule has 3 aliphatic heterocycles. The number of rotatable bonds is 5. The van der Waals surface area contributed by atoms with Crippen LogP contribution in [0.15, 0.2) is 18.2 Å². The minimum Gasteiger partial charge on any atom is -0.383 e. The van der Waals surface area contributed by atoms with Crippen LogP contribution in [-0.4, -0.2) is 48.9 Å². The average Bonchev–Trinajstić information content (AvgIpc) is 3.26. The summed E-state index contributed by atoms with van der Waals surface area (Å²) < 4.78 is 5.08. The molecule has 1 aromatic rings. The van der Waals surface area contributed by atoms with Crippen LogP contribution in [0.2, 0.25) is 0 Å². The number of aryl methyl sites for hydroxylation is 1. The number of benzene rings is 1. The van der Waals surface area contributed by atoms with Crippen LogP contribution in [0.5, 0.6) is 0 Å². The van der Waals surface area contributed by atoms with Gasteiger partial charge >= 0.3 is 0 Å². The zero-order chi connectivity index (χ0) is 20.2. The molecule has 2 saturated heterocycles. The van der Waals surface area contributed by atoms with Crippen molar-refractivity contribution in [1.29, 1.82) is 0 Å². The summed E-state index contributed by atoms with van der Waals surface area (Å²) in [6.07, 6.45) is 0.772. The number of hydrogen-bond donors (Lipinski definition) is 2. The highest BCUT2D eigenvalue weighted by molar-refractivity contribution is 6.15. The zero-order valence-corrected chi connectivity index (χ0v) is 16.7. The first-order chi connectivity index (χ1) is 13.4. The fourth-order valence-electron chi connectivity index (χ4n) is 5.15. The van der Waals surface area contributed by atoms with Crippen molar-refractivity contribution in [2.75, 3.05) is 25.6 Å². The molecule has 7 heteroatoms. The quantitative estimate of drug-likeness (QED) is 0.746. The highest BCUT2D eigenvalue weighted by Gasteiger charge is 2.70. The smallest absolute Gasteiger partial charge is 0.250 e. The van der Waals surface area contributed by atoms with Gasteiger partial charge < -0.3 is 10.1 Å². The topological polar surface area (TPSA) is 87.7 Å². The van der Waals surface area contributed by atoms with E-state index in [-0.39, 0.29) is 42.8 Å². The molecule has 3 amide bonds. The van der Waals surface area contributed by atoms with Crippen LogP contribution >= 0.6 is 0 Å². The average molecular weight is 385 g/mol. The molecule has 0 bridgehead atoms. The number of amides is 3. The Morgan fingerprint density at radius 3 is 2.61 bits per heavy atom. The number of imide groups is 1. The zero-order valence-electron chi connectivity index (χ0n) is 16.7. The molecule has 2 N–H and O–H groups in total. The normalized spacial score (nSPS) is 31.1. The van der Waals surface area contributed by atoms with Gasteiger partial charge in [-0.1, -0.05) is 39.0 Å². The predicted octanol–water partition coefficient (Wildman–Crippen LogP) is 1.27. The lowest BCUT2D eigenvalue weighted by Crippen LogP contribution is -2.54. The van der Waals surface area contributed by atoms with E-state index in [1.807, 2.05) is 39.0 Å². The van der Waals surface area contributed by atoms with Gasteiger partial charge in [-0.25, -0.2) is 0 Å². The van der Waals surface area contributed by atoms with Gasteiger partial charge in [0.15, 0.2) is 0 Å². The van der Waals surface area contributed by atoms with Crippen LogP contribution in [-0.2, 0) is 31.1 Å². The Hall–Kier alpha value is -2.25. The number of nitrogens with one attached hydrogen (secondary N) is 2. The molecule has 1 aromatic carbocycles. The van der Waals surface area contributed by atoms with Crippen LogP contribution in [0, 0.1) is 17.8 Å². The monoisotopic (exact) mass is 385 g/mol. The van der Waals surface area contributed by atoms with Crippen molar-refractivity contribution in [3.8, 4) is 0 Å². The second-order valence-corrected chi connectivity index (χ2v) is 8.19. The molecule has 2 fully saturated rings. The summed E-state index contributed by atoms with van der Waals surface area (Å²) in [4.78, 5) is 41.2. The van der Waals surface area contributed by atoms with E-state index in [1.54, 1.807) is 7.11 Å². The van der Waals surface area contributed by atoms with Crippen molar-refractivity contribution in [3.63, 3.8) is 0 Å². The number of nitrogens with zero attached hydrogens (tertiary/aromatic N) is 1. The lowest BCUT2D eigenvalue weighted by Gasteiger charge is -2.30. The Balaban J connectivity index is 1.87. The van der Waals surface area contributed by atoms with Gasteiger partial charge in [-0.2, -0.15) is 0 Å². The second-order valence-electron chi connectivity index (χ2n) is 8.19. The lowest BCUT2D eigenvalue weighted by atomic mass is 9.75. The molecule has 3 heterocycles. The molecule has 1 spiro atoms. The van der Waals surface area contributed by atoms with Gasteiger partial charge in [0.25, 0.3) is 0 Å². The van der Waals surface area contributed by atoms with E-state index in [4.69, 9.17) is 4.74 Å². The first kappa shape index (κ1) is 19.1. The third-order valence-electron chi connectivity index (χ3n) is 6.48. The number of carbonyl (C=O) groups excluding carboxylic acids is 3. The van der Waals surface area contributed by atoms with Gasteiger partial charge in [-0.3, -0.25) is 24.6 Å². The van der Waals surface area contributed by atoms with Gasteiger partial charge in [0.1, 0.15) is 5.54 Å². The Kier molecular flexibility index (Phi) is 4.55. The Labute approximate surface area is 164 Å². The summed E-state index contributed by atoms with van der Waals surface area (Å²) in [7, 11) is 1.54. The number of likely N-dealkylation sites (tertiary alicyclic amines) is 1. The number of hydrogen-bond acceptors (Lipinski definition) is 5. The minimum atomic E-state index is -1.20. The summed E-state index contributed by atoms with van der Waals surface area (Å²) >= 11 is 0. The molecular formula is C21H27N3O4. The number of carbonyl (C=O) groups is 3. The van der Waals surface area contributed by atoms with Crippen molar-refractivity contribution in [2.45, 2.75) is 38.8 Å². The lowest BCUT2D eigenvalue weighted by molar-refractivity contribution is -0.143. The van der Waals surface area contributed by atoms with Crippen LogP contribution in [0.4, 0.5) is 5.69 Å². The number of methoxy groups -OCH3 is 1. The van der Waals surface area contributed by atoms with E-state index in [9.17, 15) is 14.4 Å². The van der Waals surface area contributed by atoms with Crippen molar-refractivity contribution in [3.05, 3.63) is 29.3 Å². The van der Waals surface area contributed by atoms with E-state index in [1.165, 1.54) is 4.90 Å². The van der Waals surface area contributed by atoms with Gasteiger partial charge in [0.2, 0.25) is 17.7 Å². The fourth-order valence-corrected chi connectivity index (χ4v) is 5.15. The van der Waals surface area contributed by atoms with Crippen LogP contribution in [0.25, 0.3) is 0 Å². The maximum Gasteiger partial charge on any atom is 0.250 e. The molecule has 4 rings (SSSR count). The van der Waals surface area contributed by atoms with Crippen molar-refractivity contribution in [2.24, 2.45) is 17.8 Å². The number of fused-ring (bicyclic) bond motifs is 4. The highest BCUT2D eigenvalue weighted by atomic mass is 16.5. The van der Waals surface area contributed by atoms with Gasteiger partial charge in [0, 0.05) is 24.4 Å². The van der Waals surface area contributed by atoms with Crippen molar-refractivity contribution >= 4 is 23.4 Å². The fraction of sp³-hybridized carbons (Fsp3) is 0.571. The highest BCUT2D eigenvalue weighted by Crippen LogP contribution is 2.54. The minimum absolute atomic E-state index is 0.0946. The molecule has 0 saturated carbocycles. The molecule has 4 unspecified atom stereocenters. The molecular weight excluding hydrogens is 358 g/mol. The van der Waals surface area contributed by atoms with E-state index in [2.05, 4.69) is 10.6 Å². The van der Waals surface area contributed by atoms with Crippen LogP contribution in [0.1, 0.15) is 31.9 Å². The predicted molar refractivity (Wildman–Crippen MR) is 103 cm³/mol. The summed E-state index contributed by atoms with van der Waals surface area (Å²) in [5.74, 6) is -1.92. The molecule has 0 aliphatic carbocycles. The van der Waals surface area contributed by atoms with E-state index < -0.39 is 17.4 Å². The Bertz CT molecular complexity index is 852. The Morgan fingerprint density at radius 2 is 1.96 bits per heavy atom. The molecule has 3 aliphatic rings. The van der Waals surface area contributed by atoms with Crippen LogP contribution in [0.3, 0.4) is 0 Å². The molecule has 0 radical (unpaired) electrons. The summed E-state index contributed by atoms with van der Waals surface area (Å²) in [5, 5.41) is 6.46. The third kappa shape index (κ3) is 2.32. The summed E-state index contributed by atoms with van der Waals surface area (Å²) in [6, 6.07) is 5.55. The summed E-state index contributed by atoms with van der Waals surface area (Å²) in [5.41, 5.74) is 1.39. The van der Waals surface area contributed by atoms with Gasteiger partial charge in [-0.15, -0.1) is 0 Å². The maximum absolute atomic E-state index is 13.4. The second kappa shape index (κ2) is 6.67. The first-order valence-electron chi connectivity index (χ1n) is 9.94.